The Labute approximate surface area is 120 Å². The minimum Gasteiger partial charge on any atom is -0.329 e. The van der Waals surface area contributed by atoms with E-state index in [1.807, 2.05) is 18.2 Å². The first-order chi connectivity index (χ1) is 9.73. The van der Waals surface area contributed by atoms with Crippen molar-refractivity contribution in [1.82, 2.24) is 4.90 Å². The lowest BCUT2D eigenvalue weighted by molar-refractivity contribution is -0.120. The van der Waals surface area contributed by atoms with Crippen LogP contribution in [-0.2, 0) is 11.3 Å². The van der Waals surface area contributed by atoms with Crippen LogP contribution in [-0.4, -0.2) is 30.4 Å². The Balaban J connectivity index is 1.70. The molecule has 1 saturated carbocycles. The third-order valence-corrected chi connectivity index (χ3v) is 4.58. The highest BCUT2D eigenvalue weighted by molar-refractivity contribution is 5.97. The lowest BCUT2D eigenvalue weighted by atomic mass is 10.1. The molecule has 0 bridgehead atoms. The summed E-state index contributed by atoms with van der Waals surface area (Å²) >= 11 is 0. The highest BCUT2D eigenvalue weighted by Gasteiger charge is 2.48. The molecule has 1 aromatic carbocycles. The van der Waals surface area contributed by atoms with Gasteiger partial charge in [-0.3, -0.25) is 9.69 Å². The molecule has 1 saturated heterocycles. The van der Waals surface area contributed by atoms with Crippen molar-refractivity contribution in [1.29, 1.82) is 0 Å². The number of rotatable bonds is 5. The molecule has 3 N–H and O–H groups in total. The second kappa shape index (κ2) is 5.54. The fourth-order valence-electron chi connectivity index (χ4n) is 2.89. The van der Waals surface area contributed by atoms with Crippen molar-refractivity contribution in [2.45, 2.75) is 32.2 Å². The summed E-state index contributed by atoms with van der Waals surface area (Å²) in [5.74, 6) is 0.0915. The van der Waals surface area contributed by atoms with Gasteiger partial charge in [-0.15, -0.1) is 0 Å². The maximum absolute atomic E-state index is 12.3. The van der Waals surface area contributed by atoms with E-state index in [0.29, 0.717) is 6.54 Å². The molecule has 0 unspecified atom stereocenters. The monoisotopic (exact) mass is 273 g/mol. The van der Waals surface area contributed by atoms with E-state index in [1.165, 1.54) is 18.4 Å². The molecule has 20 heavy (non-hydrogen) atoms. The highest BCUT2D eigenvalue weighted by atomic mass is 16.2. The van der Waals surface area contributed by atoms with Gasteiger partial charge >= 0.3 is 0 Å². The zero-order chi connectivity index (χ0) is 14.0. The van der Waals surface area contributed by atoms with Crippen molar-refractivity contribution in [3.63, 3.8) is 0 Å². The molecule has 2 fully saturated rings. The van der Waals surface area contributed by atoms with E-state index < -0.39 is 0 Å². The number of likely N-dealkylation sites (tertiary alicyclic amines) is 1. The minimum absolute atomic E-state index is 0.0915. The van der Waals surface area contributed by atoms with Gasteiger partial charge in [-0.2, -0.15) is 0 Å². The smallest absolute Gasteiger partial charge is 0.231 e. The molecule has 1 aliphatic carbocycles. The van der Waals surface area contributed by atoms with Gasteiger partial charge in [0.15, 0.2) is 0 Å². The number of nitrogens with zero attached hydrogens (tertiary/aromatic N) is 1. The van der Waals surface area contributed by atoms with Crippen LogP contribution < -0.4 is 11.1 Å². The summed E-state index contributed by atoms with van der Waals surface area (Å²) in [6, 6.07) is 8.12. The standard InChI is InChI=1S/C16H23N3O/c17-12-16(7-8-16)15(20)18-14-6-2-1-5-13(14)11-19-9-3-4-10-19/h1-2,5-6H,3-4,7-12,17H2,(H,18,20). The Hall–Kier alpha value is -1.39. The molecular weight excluding hydrogens is 250 g/mol. The van der Waals surface area contributed by atoms with Crippen molar-refractivity contribution >= 4 is 11.6 Å². The molecule has 1 heterocycles. The first kappa shape index (κ1) is 13.6. The number of amides is 1. The van der Waals surface area contributed by atoms with Crippen LogP contribution >= 0.6 is 0 Å². The largest absolute Gasteiger partial charge is 0.329 e. The predicted octanol–water partition coefficient (Wildman–Crippen LogP) is 1.96. The average molecular weight is 273 g/mol. The number of carbonyl (C=O) groups excluding carboxylic acids is 1. The topological polar surface area (TPSA) is 58.4 Å². The highest BCUT2D eigenvalue weighted by Crippen LogP contribution is 2.45. The van der Waals surface area contributed by atoms with Gasteiger partial charge in [-0.05, 0) is 50.4 Å². The molecule has 1 aliphatic heterocycles. The Morgan fingerprint density at radius 3 is 2.60 bits per heavy atom. The number of benzene rings is 1. The van der Waals surface area contributed by atoms with Gasteiger partial charge in [0.05, 0.1) is 5.41 Å². The third kappa shape index (κ3) is 2.72. The van der Waals surface area contributed by atoms with Gasteiger partial charge in [-0.1, -0.05) is 18.2 Å². The van der Waals surface area contributed by atoms with E-state index in [9.17, 15) is 4.79 Å². The minimum atomic E-state index is -0.291. The molecule has 0 atom stereocenters. The third-order valence-electron chi connectivity index (χ3n) is 4.58. The van der Waals surface area contributed by atoms with Crippen LogP contribution in [0.2, 0.25) is 0 Å². The zero-order valence-corrected chi connectivity index (χ0v) is 11.9. The first-order valence-corrected chi connectivity index (χ1v) is 7.55. The molecule has 0 spiro atoms. The lowest BCUT2D eigenvalue weighted by Crippen LogP contribution is -2.31. The maximum atomic E-state index is 12.3. The summed E-state index contributed by atoms with van der Waals surface area (Å²) < 4.78 is 0. The van der Waals surface area contributed by atoms with Crippen LogP contribution in [0.4, 0.5) is 5.69 Å². The van der Waals surface area contributed by atoms with Crippen LogP contribution in [0.5, 0.6) is 0 Å². The second-order valence-corrected chi connectivity index (χ2v) is 6.08. The van der Waals surface area contributed by atoms with Crippen LogP contribution in [0.3, 0.4) is 0 Å². The van der Waals surface area contributed by atoms with Crippen molar-refractivity contribution < 1.29 is 4.79 Å². The molecule has 1 amide bonds. The molecule has 2 aliphatic rings. The zero-order valence-electron chi connectivity index (χ0n) is 11.9. The van der Waals surface area contributed by atoms with Gasteiger partial charge in [0.25, 0.3) is 0 Å². The van der Waals surface area contributed by atoms with Crippen molar-refractivity contribution in [3.05, 3.63) is 29.8 Å². The normalized spacial score (nSPS) is 20.9. The maximum Gasteiger partial charge on any atom is 0.231 e. The molecule has 4 nitrogen and oxygen atoms in total. The number of hydrogen-bond acceptors (Lipinski definition) is 3. The number of nitrogens with two attached hydrogens (primary N) is 1. The van der Waals surface area contributed by atoms with E-state index in [4.69, 9.17) is 5.73 Å². The van der Waals surface area contributed by atoms with Crippen molar-refractivity contribution in [2.24, 2.45) is 11.1 Å². The van der Waals surface area contributed by atoms with E-state index in [1.54, 1.807) is 0 Å². The van der Waals surface area contributed by atoms with Crippen LogP contribution in [0.15, 0.2) is 24.3 Å². The summed E-state index contributed by atoms with van der Waals surface area (Å²) in [5, 5.41) is 3.09. The van der Waals surface area contributed by atoms with Crippen LogP contribution in [0.1, 0.15) is 31.2 Å². The van der Waals surface area contributed by atoms with Gasteiger partial charge < -0.3 is 11.1 Å². The number of nitrogens with one attached hydrogen (secondary N) is 1. The number of para-hydroxylation sites is 1. The van der Waals surface area contributed by atoms with Crippen molar-refractivity contribution in [3.8, 4) is 0 Å². The first-order valence-electron chi connectivity index (χ1n) is 7.55. The Bertz CT molecular complexity index is 490. The van der Waals surface area contributed by atoms with Gasteiger partial charge in [-0.25, -0.2) is 0 Å². The van der Waals surface area contributed by atoms with E-state index in [-0.39, 0.29) is 11.3 Å². The number of anilines is 1. The quantitative estimate of drug-likeness (QED) is 0.862. The molecule has 1 aromatic rings. The second-order valence-electron chi connectivity index (χ2n) is 6.08. The SMILES string of the molecule is NCC1(C(=O)Nc2ccccc2CN2CCCC2)CC1. The van der Waals surface area contributed by atoms with Crippen molar-refractivity contribution in [2.75, 3.05) is 25.0 Å². The number of hydrogen-bond donors (Lipinski definition) is 2. The summed E-state index contributed by atoms with van der Waals surface area (Å²) in [6.45, 7) is 3.70. The van der Waals surface area contributed by atoms with E-state index >= 15 is 0 Å². The molecule has 0 radical (unpaired) electrons. The molecule has 4 heteroatoms. The number of carbonyl (C=O) groups is 1. The molecule has 108 valence electrons. The van der Waals surface area contributed by atoms with Gasteiger partial charge in [0.2, 0.25) is 5.91 Å². The average Bonchev–Trinajstić information content (AvgIpc) is 3.12. The predicted molar refractivity (Wildman–Crippen MR) is 80.3 cm³/mol. The fourth-order valence-corrected chi connectivity index (χ4v) is 2.89. The fraction of sp³-hybridized carbons (Fsp3) is 0.562. The Morgan fingerprint density at radius 1 is 1.25 bits per heavy atom. The summed E-state index contributed by atoms with van der Waals surface area (Å²) in [5.41, 5.74) is 7.59. The molecule has 0 aromatic heterocycles. The van der Waals surface area contributed by atoms with E-state index in [2.05, 4.69) is 16.3 Å². The van der Waals surface area contributed by atoms with Gasteiger partial charge in [0, 0.05) is 18.8 Å². The van der Waals surface area contributed by atoms with Crippen LogP contribution in [0, 0.1) is 5.41 Å². The Kier molecular flexibility index (Phi) is 3.76. The molecule has 3 rings (SSSR count). The van der Waals surface area contributed by atoms with Gasteiger partial charge in [0.1, 0.15) is 0 Å². The van der Waals surface area contributed by atoms with Crippen LogP contribution in [0.25, 0.3) is 0 Å². The summed E-state index contributed by atoms with van der Waals surface area (Å²) in [6.07, 6.45) is 4.41. The lowest BCUT2D eigenvalue weighted by Gasteiger charge is -2.19. The summed E-state index contributed by atoms with van der Waals surface area (Å²) in [7, 11) is 0. The van der Waals surface area contributed by atoms with E-state index in [0.717, 1.165) is 38.2 Å². The molecular formula is C16H23N3O. The Morgan fingerprint density at radius 2 is 1.95 bits per heavy atom. The summed E-state index contributed by atoms with van der Waals surface area (Å²) in [4.78, 5) is 14.8.